The van der Waals surface area contributed by atoms with Gasteiger partial charge in [-0.1, -0.05) is 41.7 Å². The summed E-state index contributed by atoms with van der Waals surface area (Å²) in [6.45, 7) is 6.91. The van der Waals surface area contributed by atoms with Gasteiger partial charge in [0.05, 0.1) is 29.0 Å². The van der Waals surface area contributed by atoms with E-state index in [2.05, 4.69) is 10.3 Å². The molecule has 4 aromatic rings. The lowest BCUT2D eigenvalue weighted by atomic mass is 10.1. The number of hydrogen-bond donors (Lipinski definition) is 1. The Morgan fingerprint density at radius 2 is 1.85 bits per heavy atom. The van der Waals surface area contributed by atoms with Gasteiger partial charge in [-0.3, -0.25) is 4.79 Å². The summed E-state index contributed by atoms with van der Waals surface area (Å²) in [5.74, 6) is 0.278. The number of rotatable bonds is 9. The van der Waals surface area contributed by atoms with Crippen molar-refractivity contribution in [2.75, 3.05) is 18.5 Å². The van der Waals surface area contributed by atoms with Gasteiger partial charge in [0.25, 0.3) is 0 Å². The molecule has 8 heteroatoms. The number of amides is 1. The molecular formula is C26H27N3O4S. The number of nitrogens with zero attached hydrogens (tertiary/aromatic N) is 2. The highest BCUT2D eigenvalue weighted by atomic mass is 32.1. The predicted octanol–water partition coefficient (Wildman–Crippen LogP) is 5.68. The third-order valence-corrected chi connectivity index (χ3v) is 6.34. The van der Waals surface area contributed by atoms with Crippen LogP contribution < -0.4 is 10.1 Å². The summed E-state index contributed by atoms with van der Waals surface area (Å²) in [6, 6.07) is 17.3. The second-order valence-electron chi connectivity index (χ2n) is 7.65. The second-order valence-corrected chi connectivity index (χ2v) is 8.68. The number of hydrogen-bond acceptors (Lipinski definition) is 6. The quantitative estimate of drug-likeness (QED) is 0.314. The van der Waals surface area contributed by atoms with Gasteiger partial charge in [-0.2, -0.15) is 0 Å². The van der Waals surface area contributed by atoms with Crippen LogP contribution in [0.15, 0.2) is 54.6 Å². The fourth-order valence-corrected chi connectivity index (χ4v) is 4.72. The summed E-state index contributed by atoms with van der Waals surface area (Å²) in [4.78, 5) is 29.7. The van der Waals surface area contributed by atoms with Crippen LogP contribution in [0.1, 0.15) is 36.3 Å². The van der Waals surface area contributed by atoms with Crippen molar-refractivity contribution in [2.45, 2.75) is 33.7 Å². The molecule has 4 rings (SSSR count). The van der Waals surface area contributed by atoms with Crippen LogP contribution in [0, 0.1) is 6.92 Å². The van der Waals surface area contributed by atoms with Crippen molar-refractivity contribution < 1.29 is 19.1 Å². The lowest BCUT2D eigenvalue weighted by Gasteiger charge is -2.12. The Morgan fingerprint density at radius 3 is 2.59 bits per heavy atom. The lowest BCUT2D eigenvalue weighted by Crippen LogP contribution is -2.15. The molecule has 2 heterocycles. The molecule has 0 saturated heterocycles. The van der Waals surface area contributed by atoms with Crippen LogP contribution in [0.4, 0.5) is 5.13 Å². The normalized spacial score (nSPS) is 10.9. The second kappa shape index (κ2) is 10.5. The number of anilines is 1. The smallest absolute Gasteiger partial charge is 0.339 e. The van der Waals surface area contributed by atoms with Crippen molar-refractivity contribution in [3.05, 3.63) is 65.9 Å². The van der Waals surface area contributed by atoms with E-state index in [1.807, 2.05) is 73.0 Å². The first-order chi connectivity index (χ1) is 16.5. The maximum atomic E-state index is 12.8. The average Bonchev–Trinajstić information content (AvgIpc) is 3.38. The number of thiazole rings is 1. The van der Waals surface area contributed by atoms with Crippen LogP contribution in [-0.4, -0.2) is 34.6 Å². The lowest BCUT2D eigenvalue weighted by molar-refractivity contribution is -0.116. The monoisotopic (exact) mass is 477 g/mol. The van der Waals surface area contributed by atoms with Crippen LogP contribution in [-0.2, 0) is 16.1 Å². The summed E-state index contributed by atoms with van der Waals surface area (Å²) < 4.78 is 13.7. The van der Waals surface area contributed by atoms with Crippen molar-refractivity contribution >= 4 is 38.6 Å². The fourth-order valence-electron chi connectivity index (χ4n) is 3.81. The molecule has 0 aliphatic heterocycles. The SMILES string of the molecule is CCOC(=O)c1cc(-c2ccccc2)n(CCC(=O)Nc2nc3ccc(OCC)cc3s2)c1C. The molecule has 0 aliphatic rings. The zero-order chi connectivity index (χ0) is 24.1. The van der Waals surface area contributed by atoms with E-state index in [9.17, 15) is 9.59 Å². The number of fused-ring (bicyclic) bond motifs is 1. The van der Waals surface area contributed by atoms with E-state index < -0.39 is 0 Å². The van der Waals surface area contributed by atoms with Crippen molar-refractivity contribution in [3.8, 4) is 17.0 Å². The molecule has 7 nitrogen and oxygen atoms in total. The Morgan fingerprint density at radius 1 is 1.06 bits per heavy atom. The molecule has 34 heavy (non-hydrogen) atoms. The minimum Gasteiger partial charge on any atom is -0.494 e. The van der Waals surface area contributed by atoms with E-state index >= 15 is 0 Å². The van der Waals surface area contributed by atoms with Gasteiger partial charge in [-0.15, -0.1) is 0 Å². The molecule has 1 N–H and O–H groups in total. The Bertz CT molecular complexity index is 1310. The van der Waals surface area contributed by atoms with Crippen LogP contribution in [0.5, 0.6) is 5.75 Å². The molecule has 0 radical (unpaired) electrons. The van der Waals surface area contributed by atoms with Gasteiger partial charge in [0.15, 0.2) is 5.13 Å². The van der Waals surface area contributed by atoms with Crippen LogP contribution in [0.25, 0.3) is 21.5 Å². The molecule has 2 aromatic carbocycles. The minimum absolute atomic E-state index is 0.145. The van der Waals surface area contributed by atoms with Gasteiger partial charge in [-0.05, 0) is 50.6 Å². The predicted molar refractivity (Wildman–Crippen MR) is 135 cm³/mol. The summed E-state index contributed by atoms with van der Waals surface area (Å²) >= 11 is 1.41. The van der Waals surface area contributed by atoms with Crippen molar-refractivity contribution in [3.63, 3.8) is 0 Å². The maximum Gasteiger partial charge on any atom is 0.339 e. The zero-order valence-electron chi connectivity index (χ0n) is 19.5. The summed E-state index contributed by atoms with van der Waals surface area (Å²) in [5, 5.41) is 3.45. The standard InChI is InChI=1S/C26H27N3O4S/c1-4-32-19-11-12-21-23(15-19)34-26(27-21)28-24(30)13-14-29-17(3)20(25(31)33-5-2)16-22(29)18-9-7-6-8-10-18/h6-12,15-16H,4-5,13-14H2,1-3H3,(H,27,28,30). The topological polar surface area (TPSA) is 82.5 Å². The van der Waals surface area contributed by atoms with Gasteiger partial charge in [0, 0.05) is 24.4 Å². The van der Waals surface area contributed by atoms with E-state index in [1.54, 1.807) is 6.92 Å². The Hall–Kier alpha value is -3.65. The van der Waals surface area contributed by atoms with Gasteiger partial charge in [-0.25, -0.2) is 9.78 Å². The summed E-state index contributed by atoms with van der Waals surface area (Å²) in [5.41, 5.74) is 3.94. The number of nitrogens with one attached hydrogen (secondary N) is 1. The van der Waals surface area contributed by atoms with Crippen molar-refractivity contribution in [1.29, 1.82) is 0 Å². The van der Waals surface area contributed by atoms with Gasteiger partial charge in [0.2, 0.25) is 5.91 Å². The molecule has 0 bridgehead atoms. The van der Waals surface area contributed by atoms with Crippen LogP contribution in [0.2, 0.25) is 0 Å². The highest BCUT2D eigenvalue weighted by molar-refractivity contribution is 7.22. The maximum absolute atomic E-state index is 12.8. The molecular weight excluding hydrogens is 450 g/mol. The molecule has 0 fully saturated rings. The largest absolute Gasteiger partial charge is 0.494 e. The first-order valence-corrected chi connectivity index (χ1v) is 12.1. The Kier molecular flexibility index (Phi) is 7.27. The molecule has 0 saturated carbocycles. The molecule has 0 spiro atoms. The molecule has 0 atom stereocenters. The van der Waals surface area contributed by atoms with Crippen molar-refractivity contribution in [2.24, 2.45) is 0 Å². The van der Waals surface area contributed by atoms with Gasteiger partial charge >= 0.3 is 5.97 Å². The average molecular weight is 478 g/mol. The highest BCUT2D eigenvalue weighted by Gasteiger charge is 2.20. The van der Waals surface area contributed by atoms with Crippen LogP contribution >= 0.6 is 11.3 Å². The number of ether oxygens (including phenoxy) is 2. The number of benzene rings is 2. The summed E-state index contributed by atoms with van der Waals surface area (Å²) in [6.07, 6.45) is 0.234. The van der Waals surface area contributed by atoms with E-state index in [-0.39, 0.29) is 18.3 Å². The van der Waals surface area contributed by atoms with Crippen molar-refractivity contribution in [1.82, 2.24) is 9.55 Å². The van der Waals surface area contributed by atoms with Crippen LogP contribution in [0.3, 0.4) is 0 Å². The number of aromatic nitrogens is 2. The molecule has 2 aromatic heterocycles. The van der Waals surface area contributed by atoms with Gasteiger partial charge in [0.1, 0.15) is 5.75 Å². The third-order valence-electron chi connectivity index (χ3n) is 5.41. The number of carbonyl (C=O) groups is 2. The Balaban J connectivity index is 1.51. The fraction of sp³-hybridized carbons (Fsp3) is 0.269. The third kappa shape index (κ3) is 5.12. The first-order valence-electron chi connectivity index (χ1n) is 11.3. The zero-order valence-corrected chi connectivity index (χ0v) is 20.3. The Labute approximate surface area is 202 Å². The molecule has 0 aliphatic carbocycles. The molecule has 0 unspecified atom stereocenters. The molecule has 1 amide bonds. The number of carbonyl (C=O) groups excluding carboxylic acids is 2. The minimum atomic E-state index is -0.360. The molecule has 176 valence electrons. The van der Waals surface area contributed by atoms with Gasteiger partial charge < -0.3 is 19.4 Å². The first kappa shape index (κ1) is 23.5. The highest BCUT2D eigenvalue weighted by Crippen LogP contribution is 2.30. The summed E-state index contributed by atoms with van der Waals surface area (Å²) in [7, 11) is 0. The number of esters is 1. The van der Waals surface area contributed by atoms with E-state index in [1.165, 1.54) is 11.3 Å². The van der Waals surface area contributed by atoms with E-state index in [0.717, 1.165) is 32.9 Å². The van der Waals surface area contributed by atoms with E-state index in [0.29, 0.717) is 30.5 Å². The van der Waals surface area contributed by atoms with E-state index in [4.69, 9.17) is 9.47 Å².